The first-order valence-electron chi connectivity index (χ1n) is 11.1. The summed E-state index contributed by atoms with van der Waals surface area (Å²) in [5, 5.41) is 3.14. The van der Waals surface area contributed by atoms with Crippen LogP contribution in [-0.4, -0.2) is 48.1 Å². The van der Waals surface area contributed by atoms with Gasteiger partial charge in [0.2, 0.25) is 5.91 Å². The maximum atomic E-state index is 14.0. The number of piperidine rings is 1. The molecule has 0 radical (unpaired) electrons. The molecule has 2 saturated heterocycles. The Morgan fingerprint density at radius 2 is 2.00 bits per heavy atom. The predicted octanol–water partition coefficient (Wildman–Crippen LogP) is 3.66. The van der Waals surface area contributed by atoms with Crippen LogP contribution in [0.1, 0.15) is 44.6 Å². The topological polar surface area (TPSA) is 67.9 Å². The van der Waals surface area contributed by atoms with Gasteiger partial charge in [-0.1, -0.05) is 12.1 Å². The standard InChI is InChI=1S/C25H29FN2O4/c1-3-31-20-9-11-21(12-10-20)32-17(2)24(30)28-15-22(18-6-4-7-19(26)14-18)25(16-28)13-5-8-23(29)27-25/h4,6-7,9-12,14,17,22H,3,5,8,13,15-16H2,1-2H3,(H,27,29)/t17?,22-,25+/m0/s1. The van der Waals surface area contributed by atoms with Crippen LogP contribution >= 0.6 is 0 Å². The normalized spacial score (nSPS) is 23.7. The molecule has 2 aromatic carbocycles. The summed E-state index contributed by atoms with van der Waals surface area (Å²) in [6.45, 7) is 5.00. The highest BCUT2D eigenvalue weighted by Crippen LogP contribution is 2.41. The number of carbonyl (C=O) groups excluding carboxylic acids is 2. The fraction of sp³-hybridized carbons (Fsp3) is 0.440. The Bertz CT molecular complexity index is 980. The van der Waals surface area contributed by atoms with Crippen LogP contribution in [0.3, 0.4) is 0 Å². The van der Waals surface area contributed by atoms with E-state index in [4.69, 9.17) is 9.47 Å². The predicted molar refractivity (Wildman–Crippen MR) is 118 cm³/mol. The molecule has 0 saturated carbocycles. The molecule has 2 amide bonds. The molecule has 1 N–H and O–H groups in total. The maximum absolute atomic E-state index is 14.0. The maximum Gasteiger partial charge on any atom is 0.263 e. The van der Waals surface area contributed by atoms with Crippen LogP contribution in [0.4, 0.5) is 4.39 Å². The Morgan fingerprint density at radius 3 is 2.69 bits per heavy atom. The molecule has 3 atom stereocenters. The molecule has 2 fully saturated rings. The molecule has 32 heavy (non-hydrogen) atoms. The van der Waals surface area contributed by atoms with Gasteiger partial charge in [0.05, 0.1) is 12.1 Å². The molecule has 1 spiro atoms. The Morgan fingerprint density at radius 1 is 1.25 bits per heavy atom. The van der Waals surface area contributed by atoms with Gasteiger partial charge in [-0.3, -0.25) is 9.59 Å². The second-order valence-corrected chi connectivity index (χ2v) is 8.55. The lowest BCUT2D eigenvalue weighted by molar-refractivity contribution is -0.137. The zero-order chi connectivity index (χ0) is 22.7. The number of hydrogen-bond acceptors (Lipinski definition) is 4. The molecule has 1 unspecified atom stereocenters. The van der Waals surface area contributed by atoms with Gasteiger partial charge in [0.25, 0.3) is 5.91 Å². The van der Waals surface area contributed by atoms with Gasteiger partial charge in [-0.2, -0.15) is 0 Å². The quantitative estimate of drug-likeness (QED) is 0.745. The lowest BCUT2D eigenvalue weighted by Crippen LogP contribution is -2.56. The molecule has 6 nitrogen and oxygen atoms in total. The van der Waals surface area contributed by atoms with Crippen molar-refractivity contribution < 1.29 is 23.5 Å². The van der Waals surface area contributed by atoms with E-state index in [2.05, 4.69) is 5.32 Å². The first-order valence-corrected chi connectivity index (χ1v) is 11.1. The second kappa shape index (κ2) is 9.18. The molecule has 170 valence electrons. The van der Waals surface area contributed by atoms with Gasteiger partial charge >= 0.3 is 0 Å². The first kappa shape index (κ1) is 22.1. The third kappa shape index (κ3) is 4.56. The van der Waals surface area contributed by atoms with Crippen molar-refractivity contribution in [1.29, 1.82) is 0 Å². The van der Waals surface area contributed by atoms with Crippen LogP contribution in [0.15, 0.2) is 48.5 Å². The van der Waals surface area contributed by atoms with Crippen molar-refractivity contribution in [3.8, 4) is 11.5 Å². The molecule has 0 aliphatic carbocycles. The highest BCUT2D eigenvalue weighted by atomic mass is 19.1. The molecule has 2 aliphatic heterocycles. The SMILES string of the molecule is CCOc1ccc(OC(C)C(=O)N2C[C@@H](c3cccc(F)c3)[C@@]3(CCCC(=O)N3)C2)cc1. The van der Waals surface area contributed by atoms with Crippen molar-refractivity contribution in [2.75, 3.05) is 19.7 Å². The summed E-state index contributed by atoms with van der Waals surface area (Å²) < 4.78 is 25.3. The fourth-order valence-corrected chi connectivity index (χ4v) is 4.87. The van der Waals surface area contributed by atoms with Crippen molar-refractivity contribution in [2.24, 2.45) is 0 Å². The van der Waals surface area contributed by atoms with E-state index in [0.717, 1.165) is 24.2 Å². The van der Waals surface area contributed by atoms with Gasteiger partial charge in [-0.25, -0.2) is 4.39 Å². The van der Waals surface area contributed by atoms with Gasteiger partial charge in [-0.05, 0) is 68.7 Å². The summed E-state index contributed by atoms with van der Waals surface area (Å²) in [5.74, 6) is 0.644. The Labute approximate surface area is 187 Å². The minimum Gasteiger partial charge on any atom is -0.494 e. The molecule has 0 aromatic heterocycles. The number of benzene rings is 2. The summed E-state index contributed by atoms with van der Waals surface area (Å²) in [6, 6.07) is 13.6. The second-order valence-electron chi connectivity index (χ2n) is 8.55. The number of ether oxygens (including phenoxy) is 2. The number of amides is 2. The molecule has 7 heteroatoms. The summed E-state index contributed by atoms with van der Waals surface area (Å²) in [4.78, 5) is 27.3. The van der Waals surface area contributed by atoms with Crippen LogP contribution in [0.25, 0.3) is 0 Å². The minimum absolute atomic E-state index is 0.0226. The van der Waals surface area contributed by atoms with E-state index in [1.165, 1.54) is 12.1 Å². The fourth-order valence-electron chi connectivity index (χ4n) is 4.87. The first-order chi connectivity index (χ1) is 15.4. The van der Waals surface area contributed by atoms with E-state index in [1.807, 2.05) is 13.0 Å². The summed E-state index contributed by atoms with van der Waals surface area (Å²) >= 11 is 0. The van der Waals surface area contributed by atoms with E-state index in [1.54, 1.807) is 42.2 Å². The molecule has 2 aliphatic rings. The Hall–Kier alpha value is -3.09. The average Bonchev–Trinajstić information content (AvgIpc) is 3.12. The smallest absolute Gasteiger partial charge is 0.263 e. The van der Waals surface area contributed by atoms with Gasteiger partial charge < -0.3 is 19.7 Å². The van der Waals surface area contributed by atoms with Crippen molar-refractivity contribution in [2.45, 2.75) is 50.7 Å². The van der Waals surface area contributed by atoms with E-state index in [0.29, 0.717) is 31.9 Å². The highest BCUT2D eigenvalue weighted by Gasteiger charge is 2.51. The average molecular weight is 441 g/mol. The van der Waals surface area contributed by atoms with E-state index < -0.39 is 11.6 Å². The summed E-state index contributed by atoms with van der Waals surface area (Å²) in [5.41, 5.74) is 0.208. The van der Waals surface area contributed by atoms with Crippen LogP contribution in [-0.2, 0) is 9.59 Å². The van der Waals surface area contributed by atoms with E-state index in [-0.39, 0.29) is 23.5 Å². The number of halogens is 1. The molecule has 2 heterocycles. The Kier molecular flexibility index (Phi) is 6.35. The van der Waals surface area contributed by atoms with Crippen molar-refractivity contribution >= 4 is 11.8 Å². The summed E-state index contributed by atoms with van der Waals surface area (Å²) in [6.07, 6.45) is 1.27. The summed E-state index contributed by atoms with van der Waals surface area (Å²) in [7, 11) is 0. The molecular weight excluding hydrogens is 411 g/mol. The number of hydrogen-bond donors (Lipinski definition) is 1. The number of rotatable bonds is 6. The van der Waals surface area contributed by atoms with E-state index in [9.17, 15) is 14.0 Å². The molecular formula is C25H29FN2O4. The largest absolute Gasteiger partial charge is 0.494 e. The number of carbonyl (C=O) groups is 2. The number of likely N-dealkylation sites (tertiary alicyclic amines) is 1. The highest BCUT2D eigenvalue weighted by molar-refractivity contribution is 5.83. The molecule has 4 rings (SSSR count). The lowest BCUT2D eigenvalue weighted by Gasteiger charge is -2.39. The number of nitrogens with zero attached hydrogens (tertiary/aromatic N) is 1. The van der Waals surface area contributed by atoms with Gasteiger partial charge in [-0.15, -0.1) is 0 Å². The van der Waals surface area contributed by atoms with Gasteiger partial charge in [0.1, 0.15) is 17.3 Å². The Balaban J connectivity index is 1.51. The van der Waals surface area contributed by atoms with Crippen molar-refractivity contribution in [3.63, 3.8) is 0 Å². The van der Waals surface area contributed by atoms with Crippen LogP contribution in [0.2, 0.25) is 0 Å². The van der Waals surface area contributed by atoms with Gasteiger partial charge in [0.15, 0.2) is 6.10 Å². The van der Waals surface area contributed by atoms with Crippen molar-refractivity contribution in [3.05, 3.63) is 59.9 Å². The zero-order valence-corrected chi connectivity index (χ0v) is 18.5. The van der Waals surface area contributed by atoms with Gasteiger partial charge in [0, 0.05) is 25.4 Å². The lowest BCUT2D eigenvalue weighted by atomic mass is 9.76. The van der Waals surface area contributed by atoms with Crippen LogP contribution in [0.5, 0.6) is 11.5 Å². The molecule has 0 bridgehead atoms. The van der Waals surface area contributed by atoms with Crippen LogP contribution in [0, 0.1) is 5.82 Å². The van der Waals surface area contributed by atoms with E-state index >= 15 is 0 Å². The monoisotopic (exact) mass is 440 g/mol. The minimum atomic E-state index is -0.699. The third-order valence-electron chi connectivity index (χ3n) is 6.32. The third-order valence-corrected chi connectivity index (χ3v) is 6.32. The zero-order valence-electron chi connectivity index (χ0n) is 18.5. The molecule has 2 aromatic rings. The van der Waals surface area contributed by atoms with Crippen LogP contribution < -0.4 is 14.8 Å². The van der Waals surface area contributed by atoms with Crippen molar-refractivity contribution in [1.82, 2.24) is 10.2 Å². The number of nitrogens with one attached hydrogen (secondary N) is 1.